The SMILES string of the molecule is C[Si](C)(C)[Ru]. The van der Waals surface area contributed by atoms with Crippen LogP contribution in [0.3, 0.4) is 0 Å². The summed E-state index contributed by atoms with van der Waals surface area (Å²) < 4.78 is 0. The van der Waals surface area contributed by atoms with Crippen molar-refractivity contribution in [3.8, 4) is 0 Å². The molecule has 2 heteroatoms. The summed E-state index contributed by atoms with van der Waals surface area (Å²) in [5.74, 6) is 0. The Balaban J connectivity index is 3.02. The van der Waals surface area contributed by atoms with Crippen molar-refractivity contribution in [1.29, 1.82) is 0 Å². The van der Waals surface area contributed by atoms with Crippen molar-refractivity contribution in [1.82, 2.24) is 0 Å². The Morgan fingerprint density at radius 1 is 1.20 bits per heavy atom. The van der Waals surface area contributed by atoms with Crippen molar-refractivity contribution in [3.05, 3.63) is 0 Å². The van der Waals surface area contributed by atoms with Crippen molar-refractivity contribution in [2.24, 2.45) is 0 Å². The Morgan fingerprint density at radius 3 is 1.20 bits per heavy atom. The molecule has 0 heterocycles. The van der Waals surface area contributed by atoms with Crippen LogP contribution in [0.1, 0.15) is 0 Å². The number of hydrogen-bond donors (Lipinski definition) is 0. The van der Waals surface area contributed by atoms with Gasteiger partial charge >= 0.3 is 43.5 Å². The molecule has 0 N–H and O–H groups in total. The minimum atomic E-state index is -0.681. The molecule has 0 unspecified atom stereocenters. The molecule has 0 amide bonds. The Kier molecular flexibility index (Phi) is 1.78. The zero-order valence-electron chi connectivity index (χ0n) is 3.85. The van der Waals surface area contributed by atoms with E-state index in [1.807, 2.05) is 0 Å². The van der Waals surface area contributed by atoms with E-state index in [9.17, 15) is 0 Å². The monoisotopic (exact) mass is 175 g/mol. The van der Waals surface area contributed by atoms with E-state index in [-0.39, 0.29) is 0 Å². The third-order valence-corrected chi connectivity index (χ3v) is 0. The average Bonchev–Trinajstić information content (AvgIpc) is 0.722. The molecule has 0 bridgehead atoms. The van der Waals surface area contributed by atoms with E-state index in [4.69, 9.17) is 0 Å². The van der Waals surface area contributed by atoms with E-state index < -0.39 is 6.30 Å². The molecule has 0 saturated carbocycles. The molecule has 0 nitrogen and oxygen atoms in total. The zero-order chi connectivity index (χ0) is 4.50. The Hall–Kier alpha value is 0.840. The van der Waals surface area contributed by atoms with Gasteiger partial charge in [-0.2, -0.15) is 0 Å². The van der Waals surface area contributed by atoms with Crippen LogP contribution in [-0.4, -0.2) is 6.30 Å². The Morgan fingerprint density at radius 2 is 1.20 bits per heavy atom. The van der Waals surface area contributed by atoms with Crippen LogP contribution in [0, 0.1) is 0 Å². The van der Waals surface area contributed by atoms with Gasteiger partial charge in [0, 0.05) is 0 Å². The van der Waals surface area contributed by atoms with Gasteiger partial charge in [0.1, 0.15) is 0 Å². The summed E-state index contributed by atoms with van der Waals surface area (Å²) in [7, 11) is 0. The molecular weight excluding hydrogens is 165 g/mol. The van der Waals surface area contributed by atoms with Crippen molar-refractivity contribution in [3.63, 3.8) is 0 Å². The third-order valence-electron chi connectivity index (χ3n) is 0. The molecule has 33 valence electrons. The third kappa shape index (κ3) is 55.3. The number of rotatable bonds is 0. The van der Waals surface area contributed by atoms with Crippen LogP contribution in [0.5, 0.6) is 0 Å². The fraction of sp³-hybridized carbons (Fsp3) is 1.00. The van der Waals surface area contributed by atoms with Gasteiger partial charge in [0.2, 0.25) is 0 Å². The summed E-state index contributed by atoms with van der Waals surface area (Å²) in [4.78, 5) is 0. The molecule has 0 atom stereocenters. The summed E-state index contributed by atoms with van der Waals surface area (Å²) in [5, 5.41) is 0. The first-order valence-electron chi connectivity index (χ1n) is 1.68. The summed E-state index contributed by atoms with van der Waals surface area (Å²) in [6.07, 6.45) is -0.681. The van der Waals surface area contributed by atoms with Crippen molar-refractivity contribution in [2.75, 3.05) is 0 Å². The molecule has 0 aromatic heterocycles. The first kappa shape index (κ1) is 5.84. The Labute approximate surface area is 44.0 Å². The van der Waals surface area contributed by atoms with E-state index in [1.165, 1.54) is 0 Å². The second-order valence-corrected chi connectivity index (χ2v) is 13.9. The summed E-state index contributed by atoms with van der Waals surface area (Å²) in [6, 6.07) is 0. The van der Waals surface area contributed by atoms with Crippen LogP contribution in [0.25, 0.3) is 0 Å². The van der Waals surface area contributed by atoms with E-state index >= 15 is 0 Å². The quantitative estimate of drug-likeness (QED) is 0.487. The minimum absolute atomic E-state index is 0.681. The predicted octanol–water partition coefficient (Wildman–Crippen LogP) is 1.37. The predicted molar refractivity (Wildman–Crippen MR) is 23.3 cm³/mol. The van der Waals surface area contributed by atoms with Crippen LogP contribution in [0.2, 0.25) is 19.6 Å². The normalized spacial score (nSPS) is 12.0. The first-order valence-corrected chi connectivity index (χ1v) is 7.64. The fourth-order valence-corrected chi connectivity index (χ4v) is 0. The molecule has 0 fully saturated rings. The molecule has 5 heavy (non-hydrogen) atoms. The molecule has 0 saturated heterocycles. The van der Waals surface area contributed by atoms with Gasteiger partial charge in [-0.1, -0.05) is 0 Å². The summed E-state index contributed by atoms with van der Waals surface area (Å²) in [5.41, 5.74) is 0. The molecule has 0 radical (unpaired) electrons. The second kappa shape index (κ2) is 1.53. The molecule has 0 spiro atoms. The van der Waals surface area contributed by atoms with Crippen LogP contribution in [0.4, 0.5) is 0 Å². The topological polar surface area (TPSA) is 0 Å². The molecule has 0 aromatic rings. The van der Waals surface area contributed by atoms with Crippen molar-refractivity contribution in [2.45, 2.75) is 19.6 Å². The van der Waals surface area contributed by atoms with Gasteiger partial charge in [0.25, 0.3) is 0 Å². The average molecular weight is 174 g/mol. The van der Waals surface area contributed by atoms with Gasteiger partial charge in [-0.15, -0.1) is 0 Å². The van der Waals surface area contributed by atoms with Gasteiger partial charge in [-0.25, -0.2) is 0 Å². The molecule has 0 aromatic carbocycles. The maximum atomic E-state index is 2.77. The molecule has 0 aliphatic heterocycles. The van der Waals surface area contributed by atoms with Crippen molar-refractivity contribution >= 4 is 6.30 Å². The zero-order valence-corrected chi connectivity index (χ0v) is 6.59. The van der Waals surface area contributed by atoms with Gasteiger partial charge in [-0.05, 0) is 0 Å². The van der Waals surface area contributed by atoms with Crippen LogP contribution in [0.15, 0.2) is 0 Å². The molecule has 0 aliphatic rings. The summed E-state index contributed by atoms with van der Waals surface area (Å²) in [6.45, 7) is 6.89. The first-order chi connectivity index (χ1) is 2.00. The van der Waals surface area contributed by atoms with E-state index in [0.29, 0.717) is 0 Å². The van der Waals surface area contributed by atoms with Gasteiger partial charge in [-0.3, -0.25) is 0 Å². The van der Waals surface area contributed by atoms with Gasteiger partial charge < -0.3 is 0 Å². The van der Waals surface area contributed by atoms with Crippen LogP contribution < -0.4 is 0 Å². The van der Waals surface area contributed by atoms with Crippen LogP contribution >= 0.6 is 0 Å². The summed E-state index contributed by atoms with van der Waals surface area (Å²) >= 11 is 2.77. The van der Waals surface area contributed by atoms with Crippen LogP contribution in [-0.2, 0) is 17.6 Å². The van der Waals surface area contributed by atoms with E-state index in [2.05, 4.69) is 37.2 Å². The molecule has 0 rings (SSSR count). The molecular formula is C3H9RuSi. The number of hydrogen-bond acceptors (Lipinski definition) is 0. The van der Waals surface area contributed by atoms with Gasteiger partial charge in [0.15, 0.2) is 0 Å². The van der Waals surface area contributed by atoms with E-state index in [0.717, 1.165) is 0 Å². The maximum absolute atomic E-state index is 2.77. The van der Waals surface area contributed by atoms with Crippen molar-refractivity contribution < 1.29 is 17.6 Å². The standard InChI is InChI=1S/C3H9Si.Ru/c1-4(2)3;/h1-3H3;. The van der Waals surface area contributed by atoms with Gasteiger partial charge in [0.05, 0.1) is 0 Å². The van der Waals surface area contributed by atoms with E-state index in [1.54, 1.807) is 0 Å². The Bertz CT molecular complexity index is 22.4. The second-order valence-electron chi connectivity index (χ2n) is 2.03. The molecule has 0 aliphatic carbocycles. The fourth-order valence-electron chi connectivity index (χ4n) is 0.